The monoisotopic (exact) mass is 407 g/mol. The lowest BCUT2D eigenvalue weighted by atomic mass is 10.1. The first-order valence-corrected chi connectivity index (χ1v) is 11.0. The van der Waals surface area contributed by atoms with E-state index in [0.29, 0.717) is 13.2 Å². The molecule has 1 atom stereocenters. The second-order valence-electron chi connectivity index (χ2n) is 7.68. The summed E-state index contributed by atoms with van der Waals surface area (Å²) in [4.78, 5) is 4.55. The molecule has 1 aliphatic heterocycles. The highest BCUT2D eigenvalue weighted by molar-refractivity contribution is 5.82. The van der Waals surface area contributed by atoms with Crippen LogP contribution in [0.4, 0.5) is 5.69 Å². The quantitative estimate of drug-likeness (QED) is 0.242. The largest absolute Gasteiger partial charge is 0.494 e. The van der Waals surface area contributed by atoms with Crippen LogP contribution in [0.5, 0.6) is 11.5 Å². The normalized spacial score (nSPS) is 16.5. The summed E-state index contributed by atoms with van der Waals surface area (Å²) in [7, 11) is 0. The summed E-state index contributed by atoms with van der Waals surface area (Å²) in [6.45, 7) is 6.37. The molecule has 1 aliphatic rings. The van der Waals surface area contributed by atoms with E-state index in [1.807, 2.05) is 54.7 Å². The van der Waals surface area contributed by atoms with E-state index in [1.54, 1.807) is 0 Å². The van der Waals surface area contributed by atoms with Gasteiger partial charge in [-0.1, -0.05) is 38.7 Å². The Kier molecular flexibility index (Phi) is 8.98. The Labute approximate surface area is 180 Å². The van der Waals surface area contributed by atoms with Crippen molar-refractivity contribution in [3.8, 4) is 11.5 Å². The van der Waals surface area contributed by atoms with Crippen LogP contribution in [0, 0.1) is 0 Å². The van der Waals surface area contributed by atoms with E-state index in [1.165, 1.54) is 31.3 Å². The minimum absolute atomic E-state index is 0.00431. The van der Waals surface area contributed by atoms with Gasteiger partial charge in [-0.25, -0.2) is 0 Å². The van der Waals surface area contributed by atoms with Crippen LogP contribution in [-0.2, 0) is 4.74 Å². The third-order valence-corrected chi connectivity index (χ3v) is 5.17. The van der Waals surface area contributed by atoms with Crippen molar-refractivity contribution in [1.82, 2.24) is 0 Å². The lowest BCUT2D eigenvalue weighted by Gasteiger charge is -2.23. The predicted octanol–water partition coefficient (Wildman–Crippen LogP) is 6.51. The van der Waals surface area contributed by atoms with Crippen molar-refractivity contribution >= 4 is 11.9 Å². The maximum absolute atomic E-state index is 6.01. The molecule has 0 spiro atoms. The van der Waals surface area contributed by atoms with Crippen LogP contribution in [0.1, 0.15) is 51.5 Å². The van der Waals surface area contributed by atoms with Crippen molar-refractivity contribution in [3.63, 3.8) is 0 Å². The van der Waals surface area contributed by atoms with Crippen molar-refractivity contribution in [2.45, 2.75) is 52.1 Å². The van der Waals surface area contributed by atoms with E-state index in [0.717, 1.165) is 35.8 Å². The number of unbranched alkanes of at least 4 members (excludes halogenated alkanes) is 4. The molecule has 1 unspecified atom stereocenters. The molecule has 2 aromatic rings. The molecule has 0 aromatic heterocycles. The van der Waals surface area contributed by atoms with E-state index in [4.69, 9.17) is 14.2 Å². The lowest BCUT2D eigenvalue weighted by molar-refractivity contribution is 0.0681. The smallest absolute Gasteiger partial charge is 0.143 e. The molecule has 0 amide bonds. The summed E-state index contributed by atoms with van der Waals surface area (Å²) >= 11 is 0. The number of aliphatic imine (C=N–C) groups is 1. The van der Waals surface area contributed by atoms with Crippen LogP contribution in [-0.4, -0.2) is 32.1 Å². The molecule has 0 saturated carbocycles. The molecule has 0 radical (unpaired) electrons. The molecular weight excluding hydrogens is 374 g/mol. The number of benzene rings is 2. The number of ether oxygens (including phenoxy) is 3. The third-order valence-electron chi connectivity index (χ3n) is 5.17. The Balaban J connectivity index is 1.45. The molecule has 4 nitrogen and oxygen atoms in total. The maximum atomic E-state index is 6.01. The van der Waals surface area contributed by atoms with Gasteiger partial charge in [0.1, 0.15) is 17.6 Å². The van der Waals surface area contributed by atoms with E-state index in [2.05, 4.69) is 24.9 Å². The Bertz CT molecular complexity index is 809. The van der Waals surface area contributed by atoms with Crippen LogP contribution < -0.4 is 9.47 Å². The lowest BCUT2D eigenvalue weighted by Crippen LogP contribution is -2.28. The molecule has 160 valence electrons. The fraction of sp³-hybridized carbons (Fsp3) is 0.423. The van der Waals surface area contributed by atoms with E-state index in [9.17, 15) is 0 Å². The third kappa shape index (κ3) is 7.34. The Morgan fingerprint density at radius 3 is 2.43 bits per heavy atom. The maximum Gasteiger partial charge on any atom is 0.143 e. The zero-order valence-corrected chi connectivity index (χ0v) is 18.2. The van der Waals surface area contributed by atoms with Crippen molar-refractivity contribution in [3.05, 3.63) is 65.7 Å². The highest BCUT2D eigenvalue weighted by Gasteiger charge is 2.16. The second-order valence-corrected chi connectivity index (χ2v) is 7.68. The zero-order valence-electron chi connectivity index (χ0n) is 18.2. The van der Waals surface area contributed by atoms with Gasteiger partial charge in [0.25, 0.3) is 0 Å². The first kappa shape index (κ1) is 22.1. The van der Waals surface area contributed by atoms with Crippen LogP contribution >= 0.6 is 0 Å². The average molecular weight is 408 g/mol. The van der Waals surface area contributed by atoms with Gasteiger partial charge in [-0.2, -0.15) is 0 Å². The SMILES string of the molecule is CCCCCCCOc1ccc(N=Cc2ccc(OC3COCC=C3C)cc2)cc1. The first-order valence-electron chi connectivity index (χ1n) is 11.0. The van der Waals surface area contributed by atoms with Crippen molar-refractivity contribution in [1.29, 1.82) is 0 Å². The minimum Gasteiger partial charge on any atom is -0.494 e. The molecule has 1 heterocycles. The summed E-state index contributed by atoms with van der Waals surface area (Å²) in [5, 5.41) is 0. The Morgan fingerprint density at radius 2 is 1.70 bits per heavy atom. The summed E-state index contributed by atoms with van der Waals surface area (Å²) in [5.74, 6) is 1.74. The standard InChI is InChI=1S/C26H33NO3/c1-3-4-5-6-7-17-29-24-14-10-23(11-15-24)27-19-22-8-12-25(13-9-22)30-26-20-28-18-16-21(26)2/h8-16,19,26H,3-7,17-18,20H2,1-2H3. The summed E-state index contributed by atoms with van der Waals surface area (Å²) in [6.07, 6.45) is 10.2. The van der Waals surface area contributed by atoms with E-state index in [-0.39, 0.29) is 6.10 Å². The van der Waals surface area contributed by atoms with E-state index < -0.39 is 0 Å². The van der Waals surface area contributed by atoms with Gasteiger partial charge in [-0.15, -0.1) is 0 Å². The van der Waals surface area contributed by atoms with Crippen LogP contribution in [0.15, 0.2) is 65.2 Å². The Hall–Kier alpha value is -2.59. The number of rotatable bonds is 11. The molecule has 2 aromatic carbocycles. The molecule has 0 saturated heterocycles. The molecule has 0 N–H and O–H groups in total. The molecule has 0 aliphatic carbocycles. The minimum atomic E-state index is -0.00431. The van der Waals surface area contributed by atoms with Gasteiger partial charge < -0.3 is 14.2 Å². The zero-order chi connectivity index (χ0) is 21.0. The van der Waals surface area contributed by atoms with Gasteiger partial charge in [-0.3, -0.25) is 4.99 Å². The van der Waals surface area contributed by atoms with Crippen molar-refractivity contribution in [2.24, 2.45) is 4.99 Å². The average Bonchev–Trinajstić information content (AvgIpc) is 2.78. The Morgan fingerprint density at radius 1 is 0.967 bits per heavy atom. The first-order chi connectivity index (χ1) is 14.7. The number of nitrogens with zero attached hydrogens (tertiary/aromatic N) is 1. The molecule has 0 bridgehead atoms. The van der Waals surface area contributed by atoms with Crippen LogP contribution in [0.25, 0.3) is 0 Å². The highest BCUT2D eigenvalue weighted by Crippen LogP contribution is 2.20. The van der Waals surface area contributed by atoms with Crippen molar-refractivity contribution < 1.29 is 14.2 Å². The second kappa shape index (κ2) is 12.2. The predicted molar refractivity (Wildman–Crippen MR) is 123 cm³/mol. The molecular formula is C26H33NO3. The molecule has 4 heteroatoms. The summed E-state index contributed by atoms with van der Waals surface area (Å²) in [5.41, 5.74) is 3.16. The highest BCUT2D eigenvalue weighted by atomic mass is 16.5. The summed E-state index contributed by atoms with van der Waals surface area (Å²) < 4.78 is 17.3. The van der Waals surface area contributed by atoms with Gasteiger partial charge in [0.05, 0.1) is 25.5 Å². The van der Waals surface area contributed by atoms with Gasteiger partial charge in [0.15, 0.2) is 0 Å². The van der Waals surface area contributed by atoms with Crippen molar-refractivity contribution in [2.75, 3.05) is 19.8 Å². The molecule has 3 rings (SSSR count). The number of hydrogen-bond acceptors (Lipinski definition) is 4. The molecule has 30 heavy (non-hydrogen) atoms. The fourth-order valence-corrected chi connectivity index (χ4v) is 3.23. The summed E-state index contributed by atoms with van der Waals surface area (Å²) in [6, 6.07) is 15.9. The van der Waals surface area contributed by atoms with Gasteiger partial charge >= 0.3 is 0 Å². The van der Waals surface area contributed by atoms with E-state index >= 15 is 0 Å². The topological polar surface area (TPSA) is 40.0 Å². The fourth-order valence-electron chi connectivity index (χ4n) is 3.23. The molecule has 0 fully saturated rings. The van der Waals surface area contributed by atoms with Gasteiger partial charge in [-0.05, 0) is 73.0 Å². The van der Waals surface area contributed by atoms with Gasteiger partial charge in [0.2, 0.25) is 0 Å². The number of hydrogen-bond donors (Lipinski definition) is 0. The van der Waals surface area contributed by atoms with Crippen LogP contribution in [0.3, 0.4) is 0 Å². The van der Waals surface area contributed by atoms with Crippen LogP contribution in [0.2, 0.25) is 0 Å². The van der Waals surface area contributed by atoms with Gasteiger partial charge in [0, 0.05) is 6.21 Å².